The lowest BCUT2D eigenvalue weighted by molar-refractivity contribution is -0.117. The molecule has 0 radical (unpaired) electrons. The summed E-state index contributed by atoms with van der Waals surface area (Å²) >= 11 is 0. The maximum atomic E-state index is 11.8. The number of carbonyl (C=O) groups is 1. The van der Waals surface area contributed by atoms with E-state index in [4.69, 9.17) is 5.11 Å². The zero-order valence-corrected chi connectivity index (χ0v) is 11.7. The van der Waals surface area contributed by atoms with E-state index in [1.807, 2.05) is 31.0 Å². The maximum Gasteiger partial charge on any atom is 0.239 e. The molecular formula is C14H23N3O2. The first-order chi connectivity index (χ1) is 9.11. The number of rotatable bonds is 8. The van der Waals surface area contributed by atoms with Gasteiger partial charge in [0, 0.05) is 12.3 Å². The lowest BCUT2D eigenvalue weighted by Gasteiger charge is -2.15. The van der Waals surface area contributed by atoms with E-state index in [1.165, 1.54) is 0 Å². The van der Waals surface area contributed by atoms with Crippen LogP contribution in [0.25, 0.3) is 0 Å². The SMILES string of the molecule is Cc1cccc(NC(=O)CN(C)CCCCCO)n1. The topological polar surface area (TPSA) is 65.5 Å². The van der Waals surface area contributed by atoms with Gasteiger partial charge < -0.3 is 10.4 Å². The van der Waals surface area contributed by atoms with Crippen molar-refractivity contribution in [1.82, 2.24) is 9.88 Å². The molecule has 5 nitrogen and oxygen atoms in total. The summed E-state index contributed by atoms with van der Waals surface area (Å²) in [6.07, 6.45) is 2.81. The third kappa shape index (κ3) is 6.88. The van der Waals surface area contributed by atoms with Gasteiger partial charge in [-0.3, -0.25) is 9.69 Å². The lowest BCUT2D eigenvalue weighted by Crippen LogP contribution is -2.31. The van der Waals surface area contributed by atoms with Gasteiger partial charge in [-0.05, 0) is 51.9 Å². The number of aryl methyl sites for hydroxylation is 1. The monoisotopic (exact) mass is 265 g/mol. The lowest BCUT2D eigenvalue weighted by atomic mass is 10.2. The van der Waals surface area contributed by atoms with Crippen molar-refractivity contribution in [3.63, 3.8) is 0 Å². The molecule has 0 saturated carbocycles. The Labute approximate surface area is 114 Å². The van der Waals surface area contributed by atoms with Crippen molar-refractivity contribution in [2.45, 2.75) is 26.2 Å². The van der Waals surface area contributed by atoms with Crippen molar-refractivity contribution in [1.29, 1.82) is 0 Å². The molecule has 19 heavy (non-hydrogen) atoms. The number of anilines is 1. The Morgan fingerprint density at radius 1 is 1.37 bits per heavy atom. The molecule has 0 bridgehead atoms. The molecule has 1 aromatic rings. The number of carbonyl (C=O) groups excluding carboxylic acids is 1. The average Bonchev–Trinajstić information content (AvgIpc) is 2.34. The summed E-state index contributed by atoms with van der Waals surface area (Å²) in [5.74, 6) is 0.543. The fourth-order valence-corrected chi connectivity index (χ4v) is 1.79. The van der Waals surface area contributed by atoms with Crippen molar-refractivity contribution < 1.29 is 9.90 Å². The molecule has 0 fully saturated rings. The summed E-state index contributed by atoms with van der Waals surface area (Å²) in [4.78, 5) is 18.0. The highest BCUT2D eigenvalue weighted by Gasteiger charge is 2.07. The number of hydrogen-bond acceptors (Lipinski definition) is 4. The summed E-state index contributed by atoms with van der Waals surface area (Å²) in [5.41, 5.74) is 0.884. The second kappa shape index (κ2) is 8.61. The smallest absolute Gasteiger partial charge is 0.239 e. The Morgan fingerprint density at radius 3 is 2.84 bits per heavy atom. The van der Waals surface area contributed by atoms with Crippen LogP contribution in [0.5, 0.6) is 0 Å². The molecule has 0 aliphatic heterocycles. The van der Waals surface area contributed by atoms with Crippen LogP contribution in [0.2, 0.25) is 0 Å². The normalized spacial score (nSPS) is 10.7. The van der Waals surface area contributed by atoms with E-state index in [0.29, 0.717) is 12.4 Å². The Bertz CT molecular complexity index is 396. The van der Waals surface area contributed by atoms with E-state index < -0.39 is 0 Å². The first-order valence-corrected chi connectivity index (χ1v) is 6.64. The minimum Gasteiger partial charge on any atom is -0.396 e. The van der Waals surface area contributed by atoms with Crippen LogP contribution in [0.3, 0.4) is 0 Å². The molecule has 0 aromatic carbocycles. The van der Waals surface area contributed by atoms with Gasteiger partial charge in [-0.15, -0.1) is 0 Å². The summed E-state index contributed by atoms with van der Waals surface area (Å²) in [6, 6.07) is 5.55. The van der Waals surface area contributed by atoms with E-state index in [1.54, 1.807) is 6.07 Å². The largest absolute Gasteiger partial charge is 0.396 e. The minimum absolute atomic E-state index is 0.0530. The number of pyridine rings is 1. The number of nitrogens with zero attached hydrogens (tertiary/aromatic N) is 2. The molecule has 0 saturated heterocycles. The quantitative estimate of drug-likeness (QED) is 0.698. The molecule has 0 aliphatic carbocycles. The minimum atomic E-state index is -0.0530. The molecular weight excluding hydrogens is 242 g/mol. The van der Waals surface area contributed by atoms with Crippen molar-refractivity contribution in [3.8, 4) is 0 Å². The number of hydrogen-bond donors (Lipinski definition) is 2. The number of aliphatic hydroxyl groups is 1. The van der Waals surface area contributed by atoms with Crippen molar-refractivity contribution in [2.24, 2.45) is 0 Å². The van der Waals surface area contributed by atoms with Crippen molar-refractivity contribution in [2.75, 3.05) is 32.1 Å². The fourth-order valence-electron chi connectivity index (χ4n) is 1.79. The van der Waals surface area contributed by atoms with E-state index in [-0.39, 0.29) is 12.5 Å². The maximum absolute atomic E-state index is 11.8. The number of unbranched alkanes of at least 4 members (excludes halogenated alkanes) is 2. The Balaban J connectivity index is 2.26. The van der Waals surface area contributed by atoms with Crippen LogP contribution in [0, 0.1) is 6.92 Å². The highest BCUT2D eigenvalue weighted by Crippen LogP contribution is 2.04. The number of likely N-dealkylation sites (N-methyl/N-ethyl adjacent to an activating group) is 1. The molecule has 2 N–H and O–H groups in total. The molecule has 0 unspecified atom stereocenters. The van der Waals surface area contributed by atoms with Gasteiger partial charge >= 0.3 is 0 Å². The highest BCUT2D eigenvalue weighted by atomic mass is 16.2. The van der Waals surface area contributed by atoms with Crippen LogP contribution in [-0.4, -0.2) is 47.6 Å². The van der Waals surface area contributed by atoms with Crippen LogP contribution in [0.15, 0.2) is 18.2 Å². The van der Waals surface area contributed by atoms with Gasteiger partial charge in [0.15, 0.2) is 0 Å². The number of nitrogens with one attached hydrogen (secondary N) is 1. The van der Waals surface area contributed by atoms with Crippen molar-refractivity contribution in [3.05, 3.63) is 23.9 Å². The summed E-state index contributed by atoms with van der Waals surface area (Å²) < 4.78 is 0. The standard InChI is InChI=1S/C14H23N3O2/c1-12-7-6-8-13(15-12)16-14(19)11-17(2)9-4-3-5-10-18/h6-8,18H,3-5,9-11H2,1-2H3,(H,15,16,19). The predicted molar refractivity (Wildman–Crippen MR) is 76.0 cm³/mol. The molecule has 106 valence electrons. The van der Waals surface area contributed by atoms with Crippen LogP contribution in [0.1, 0.15) is 25.0 Å². The fraction of sp³-hybridized carbons (Fsp3) is 0.571. The van der Waals surface area contributed by atoms with Crippen LogP contribution in [0.4, 0.5) is 5.82 Å². The first-order valence-electron chi connectivity index (χ1n) is 6.64. The molecule has 1 amide bonds. The summed E-state index contributed by atoms with van der Waals surface area (Å²) in [5, 5.41) is 11.5. The van der Waals surface area contributed by atoms with Gasteiger partial charge in [0.2, 0.25) is 5.91 Å². The second-order valence-corrected chi connectivity index (χ2v) is 4.73. The average molecular weight is 265 g/mol. The van der Waals surface area contributed by atoms with E-state index >= 15 is 0 Å². The Kier molecular flexibility index (Phi) is 7.07. The third-order valence-electron chi connectivity index (χ3n) is 2.77. The zero-order valence-electron chi connectivity index (χ0n) is 11.7. The summed E-state index contributed by atoms with van der Waals surface area (Å²) in [7, 11) is 1.92. The number of amides is 1. The van der Waals surface area contributed by atoms with Crippen LogP contribution < -0.4 is 5.32 Å². The Morgan fingerprint density at radius 2 is 2.16 bits per heavy atom. The van der Waals surface area contributed by atoms with Crippen LogP contribution in [-0.2, 0) is 4.79 Å². The number of aromatic nitrogens is 1. The molecule has 0 spiro atoms. The van der Waals surface area contributed by atoms with Gasteiger partial charge in [0.05, 0.1) is 6.54 Å². The van der Waals surface area contributed by atoms with Crippen molar-refractivity contribution >= 4 is 11.7 Å². The van der Waals surface area contributed by atoms with Crippen LogP contribution >= 0.6 is 0 Å². The molecule has 1 heterocycles. The highest BCUT2D eigenvalue weighted by molar-refractivity contribution is 5.91. The van der Waals surface area contributed by atoms with Gasteiger partial charge in [0.25, 0.3) is 0 Å². The second-order valence-electron chi connectivity index (χ2n) is 4.73. The molecule has 0 aliphatic rings. The number of aliphatic hydroxyl groups excluding tert-OH is 1. The summed E-state index contributed by atoms with van der Waals surface area (Å²) in [6.45, 7) is 3.34. The van der Waals surface area contributed by atoms with E-state index in [9.17, 15) is 4.79 Å². The molecule has 5 heteroatoms. The van der Waals surface area contributed by atoms with Gasteiger partial charge in [-0.1, -0.05) is 6.07 Å². The third-order valence-corrected chi connectivity index (χ3v) is 2.77. The Hall–Kier alpha value is -1.46. The molecule has 0 atom stereocenters. The zero-order chi connectivity index (χ0) is 14.1. The predicted octanol–water partition coefficient (Wildman–Crippen LogP) is 1.42. The van der Waals surface area contributed by atoms with E-state index in [0.717, 1.165) is 31.5 Å². The van der Waals surface area contributed by atoms with Gasteiger partial charge in [0.1, 0.15) is 5.82 Å². The first kappa shape index (κ1) is 15.6. The van der Waals surface area contributed by atoms with Gasteiger partial charge in [-0.25, -0.2) is 4.98 Å². The molecule has 1 rings (SSSR count). The molecule has 1 aromatic heterocycles. The van der Waals surface area contributed by atoms with Gasteiger partial charge in [-0.2, -0.15) is 0 Å². The van der Waals surface area contributed by atoms with E-state index in [2.05, 4.69) is 10.3 Å².